The number of aromatic nitrogens is 4. The normalized spacial score (nSPS) is 11.1. The Hall–Kier alpha value is -2.85. The van der Waals surface area contributed by atoms with Crippen molar-refractivity contribution in [2.24, 2.45) is 0 Å². The molecular weight excluding hydrogens is 426 g/mol. The summed E-state index contributed by atoms with van der Waals surface area (Å²) in [5, 5.41) is 3.83. The van der Waals surface area contributed by atoms with Crippen molar-refractivity contribution < 1.29 is 13.2 Å². The number of thiol groups is 1. The maximum atomic E-state index is 10.5. The first-order chi connectivity index (χ1) is 14.5. The predicted molar refractivity (Wildman–Crippen MR) is 116 cm³/mol. The van der Waals surface area contributed by atoms with Crippen LogP contribution >= 0.6 is 11.8 Å². The number of nitrogen functional groups attached to an aromatic ring is 1. The van der Waals surface area contributed by atoms with Gasteiger partial charge in [-0.2, -0.15) is 0 Å². The zero-order valence-electron chi connectivity index (χ0n) is 16.2. The standard InChI is InChI=1S/C18H21N7O3S2/c1-3-12-4-5-13(28-2)10-14(12)29-18-24-15-16(19)21-11-22-17(15)25(18)9-8-20-6-7-23-30(26)27/h1,4-5,10-11,20,30H,6-9H2,2H3,(H2,19,21,22)(H,23,26,27). The van der Waals surface area contributed by atoms with Gasteiger partial charge in [0.2, 0.25) is 10.9 Å². The van der Waals surface area contributed by atoms with Crippen molar-refractivity contribution in [3.05, 3.63) is 30.1 Å². The molecule has 0 bridgehead atoms. The van der Waals surface area contributed by atoms with Gasteiger partial charge >= 0.3 is 0 Å². The Morgan fingerprint density at radius 1 is 1.30 bits per heavy atom. The molecule has 30 heavy (non-hydrogen) atoms. The molecular formula is C18H21N7O3S2. The molecule has 12 heteroatoms. The number of hydrogen-bond donors (Lipinski definition) is 4. The molecule has 0 atom stereocenters. The Kier molecular flexibility index (Phi) is 7.47. The van der Waals surface area contributed by atoms with Crippen LogP contribution in [0.25, 0.3) is 11.2 Å². The molecule has 0 amide bonds. The summed E-state index contributed by atoms with van der Waals surface area (Å²) < 4.78 is 30.7. The highest BCUT2D eigenvalue weighted by molar-refractivity contribution is 7.99. The molecule has 0 radical (unpaired) electrons. The molecule has 0 aliphatic rings. The summed E-state index contributed by atoms with van der Waals surface area (Å²) in [6.45, 7) is 1.91. The number of nitrogens with two attached hydrogens (primary N) is 1. The molecule has 0 aliphatic heterocycles. The lowest BCUT2D eigenvalue weighted by Crippen LogP contribution is -2.29. The highest BCUT2D eigenvalue weighted by Crippen LogP contribution is 2.34. The number of fused-ring (bicyclic) bond motifs is 1. The Balaban J connectivity index is 1.86. The average molecular weight is 448 g/mol. The van der Waals surface area contributed by atoms with Crippen LogP contribution in [0.5, 0.6) is 5.75 Å². The van der Waals surface area contributed by atoms with Gasteiger partial charge in [0.25, 0.3) is 0 Å². The van der Waals surface area contributed by atoms with E-state index in [0.29, 0.717) is 54.1 Å². The van der Waals surface area contributed by atoms with Crippen molar-refractivity contribution in [2.45, 2.75) is 16.6 Å². The Morgan fingerprint density at radius 2 is 2.13 bits per heavy atom. The van der Waals surface area contributed by atoms with E-state index in [4.69, 9.17) is 16.9 Å². The van der Waals surface area contributed by atoms with E-state index in [1.165, 1.54) is 18.1 Å². The number of methoxy groups -OCH3 is 1. The van der Waals surface area contributed by atoms with Crippen LogP contribution in [-0.2, 0) is 17.4 Å². The molecule has 2 heterocycles. The van der Waals surface area contributed by atoms with Gasteiger partial charge in [-0.25, -0.2) is 28.1 Å². The summed E-state index contributed by atoms with van der Waals surface area (Å²) in [5.41, 5.74) is 7.82. The van der Waals surface area contributed by atoms with Crippen molar-refractivity contribution >= 4 is 39.6 Å². The summed E-state index contributed by atoms with van der Waals surface area (Å²) in [4.78, 5) is 13.8. The van der Waals surface area contributed by atoms with Gasteiger partial charge in [-0.05, 0) is 18.2 Å². The quantitative estimate of drug-likeness (QED) is 0.196. The van der Waals surface area contributed by atoms with Crippen molar-refractivity contribution in [1.29, 1.82) is 0 Å². The Bertz CT molecular complexity index is 1150. The lowest BCUT2D eigenvalue weighted by atomic mass is 10.2. The molecule has 2 aromatic heterocycles. The van der Waals surface area contributed by atoms with Gasteiger partial charge in [0, 0.05) is 36.6 Å². The maximum Gasteiger partial charge on any atom is 0.201 e. The second-order valence-corrected chi connectivity index (χ2v) is 7.84. The smallest absolute Gasteiger partial charge is 0.201 e. The topological polar surface area (TPSA) is 137 Å². The van der Waals surface area contributed by atoms with E-state index in [9.17, 15) is 8.42 Å². The molecule has 4 N–H and O–H groups in total. The molecule has 0 unspecified atom stereocenters. The average Bonchev–Trinajstić information content (AvgIpc) is 3.08. The van der Waals surface area contributed by atoms with Crippen molar-refractivity contribution in [3.8, 4) is 18.1 Å². The number of terminal acetylenes is 1. The molecule has 0 spiro atoms. The second kappa shape index (κ2) is 10.3. The number of rotatable bonds is 10. The van der Waals surface area contributed by atoms with Crippen LogP contribution in [0.4, 0.5) is 5.82 Å². The summed E-state index contributed by atoms with van der Waals surface area (Å²) in [5.74, 6) is 3.65. The number of nitrogens with zero attached hydrogens (tertiary/aromatic N) is 4. The first kappa shape index (κ1) is 21.8. The molecule has 158 valence electrons. The van der Waals surface area contributed by atoms with Crippen molar-refractivity contribution in [3.63, 3.8) is 0 Å². The van der Waals surface area contributed by atoms with Crippen LogP contribution in [0.3, 0.4) is 0 Å². The number of ether oxygens (including phenoxy) is 1. The highest BCUT2D eigenvalue weighted by atomic mass is 32.2. The van der Waals surface area contributed by atoms with Gasteiger partial charge in [-0.15, -0.1) is 6.42 Å². The largest absolute Gasteiger partial charge is 0.497 e. The van der Waals surface area contributed by atoms with Gasteiger partial charge in [-0.1, -0.05) is 17.7 Å². The molecule has 0 saturated heterocycles. The fraction of sp³-hybridized carbons (Fsp3) is 0.278. The zero-order chi connectivity index (χ0) is 21.5. The molecule has 3 rings (SSSR count). The predicted octanol–water partition coefficient (Wildman–Crippen LogP) is 0.255. The number of nitrogens with one attached hydrogen (secondary N) is 2. The number of anilines is 1. The highest BCUT2D eigenvalue weighted by Gasteiger charge is 2.17. The van der Waals surface area contributed by atoms with Gasteiger partial charge in [0.15, 0.2) is 22.1 Å². The zero-order valence-corrected chi connectivity index (χ0v) is 17.9. The summed E-state index contributed by atoms with van der Waals surface area (Å²) >= 11 is 1.39. The van der Waals surface area contributed by atoms with E-state index in [0.717, 1.165) is 10.5 Å². The van der Waals surface area contributed by atoms with Crippen LogP contribution in [0.1, 0.15) is 5.56 Å². The van der Waals surface area contributed by atoms with Gasteiger partial charge in [0.1, 0.15) is 12.1 Å². The van der Waals surface area contributed by atoms with E-state index in [1.54, 1.807) is 13.2 Å². The number of imidazole rings is 1. The first-order valence-corrected chi connectivity index (χ1v) is 10.9. The van der Waals surface area contributed by atoms with E-state index in [2.05, 4.69) is 30.9 Å². The molecule has 0 aliphatic carbocycles. The molecule has 0 fully saturated rings. The lowest BCUT2D eigenvalue weighted by molar-refractivity contribution is 0.413. The monoisotopic (exact) mass is 447 g/mol. The van der Waals surface area contributed by atoms with E-state index in [-0.39, 0.29) is 0 Å². The van der Waals surface area contributed by atoms with E-state index < -0.39 is 10.9 Å². The van der Waals surface area contributed by atoms with Crippen LogP contribution < -0.4 is 20.5 Å². The van der Waals surface area contributed by atoms with E-state index >= 15 is 0 Å². The van der Waals surface area contributed by atoms with Crippen LogP contribution in [0.15, 0.2) is 34.6 Å². The lowest BCUT2D eigenvalue weighted by Gasteiger charge is -2.11. The molecule has 0 saturated carbocycles. The van der Waals surface area contributed by atoms with Gasteiger partial charge in [-0.3, -0.25) is 0 Å². The minimum Gasteiger partial charge on any atom is -0.497 e. The van der Waals surface area contributed by atoms with Gasteiger partial charge < -0.3 is 20.4 Å². The molecule has 10 nitrogen and oxygen atoms in total. The second-order valence-electron chi connectivity index (χ2n) is 6.00. The molecule has 1 aromatic carbocycles. The van der Waals surface area contributed by atoms with Crippen LogP contribution in [0, 0.1) is 12.3 Å². The summed E-state index contributed by atoms with van der Waals surface area (Å²) in [7, 11) is -1.00. The number of benzene rings is 1. The van der Waals surface area contributed by atoms with Crippen molar-refractivity contribution in [2.75, 3.05) is 32.5 Å². The SMILES string of the molecule is C#Cc1ccc(OC)cc1Sc1nc2c(N)ncnc2n1CCNCCN[SH](=O)=O. The maximum absolute atomic E-state index is 10.5. The minimum absolute atomic E-state index is 0.292. The summed E-state index contributed by atoms with van der Waals surface area (Å²) in [6, 6.07) is 5.48. The first-order valence-electron chi connectivity index (χ1n) is 8.91. The summed E-state index contributed by atoms with van der Waals surface area (Å²) in [6.07, 6.45) is 7.04. The van der Waals surface area contributed by atoms with Gasteiger partial charge in [0.05, 0.1) is 7.11 Å². The van der Waals surface area contributed by atoms with Crippen LogP contribution in [0.2, 0.25) is 0 Å². The third-order valence-electron chi connectivity index (χ3n) is 4.13. The molecule has 3 aromatic rings. The fourth-order valence-electron chi connectivity index (χ4n) is 2.70. The minimum atomic E-state index is -2.59. The third kappa shape index (κ3) is 5.19. The Morgan fingerprint density at radius 3 is 2.87 bits per heavy atom. The third-order valence-corrected chi connectivity index (χ3v) is 5.66. The fourth-order valence-corrected chi connectivity index (χ4v) is 4.02. The van der Waals surface area contributed by atoms with Crippen molar-refractivity contribution in [1.82, 2.24) is 29.6 Å². The Labute approximate surface area is 179 Å². The van der Waals surface area contributed by atoms with E-state index in [1.807, 2.05) is 16.7 Å². The van der Waals surface area contributed by atoms with Crippen LogP contribution in [-0.4, -0.2) is 54.7 Å². The number of hydrogen-bond acceptors (Lipinski definition) is 9.